The molecule has 0 saturated heterocycles. The second-order valence-corrected chi connectivity index (χ2v) is 4.48. The van der Waals surface area contributed by atoms with E-state index in [1.54, 1.807) is 11.9 Å². The fraction of sp³-hybridized carbons (Fsp3) is 0.267. The van der Waals surface area contributed by atoms with Crippen molar-refractivity contribution in [2.75, 3.05) is 20.2 Å². The highest BCUT2D eigenvalue weighted by Crippen LogP contribution is 2.11. The minimum absolute atomic E-state index is 0.161. The Labute approximate surface area is 118 Å². The van der Waals surface area contributed by atoms with Gasteiger partial charge < -0.3 is 9.64 Å². The van der Waals surface area contributed by atoms with Gasteiger partial charge in [0.2, 0.25) is 0 Å². The van der Waals surface area contributed by atoms with Gasteiger partial charge in [-0.15, -0.1) is 0 Å². The highest BCUT2D eigenvalue weighted by Gasteiger charge is 2.12. The van der Waals surface area contributed by atoms with E-state index in [9.17, 15) is 4.79 Å². The molecule has 1 aromatic carbocycles. The molecule has 0 bridgehead atoms. The topological polar surface area (TPSA) is 55.3 Å². The lowest BCUT2D eigenvalue weighted by Gasteiger charge is -2.16. The molecular formula is C15H17N3O2. The molecule has 1 amide bonds. The molecule has 0 fully saturated rings. The molecule has 1 aromatic heterocycles. The van der Waals surface area contributed by atoms with Gasteiger partial charge in [-0.25, -0.2) is 4.98 Å². The van der Waals surface area contributed by atoms with E-state index in [2.05, 4.69) is 9.97 Å². The first-order valence-corrected chi connectivity index (χ1v) is 6.38. The number of carbonyl (C=O) groups excluding carboxylic acids is 1. The molecule has 0 aliphatic rings. The van der Waals surface area contributed by atoms with Gasteiger partial charge in [0.15, 0.2) is 0 Å². The van der Waals surface area contributed by atoms with Crippen LogP contribution in [0.5, 0.6) is 5.75 Å². The molecule has 5 heteroatoms. The van der Waals surface area contributed by atoms with Crippen LogP contribution in [0.4, 0.5) is 0 Å². The van der Waals surface area contributed by atoms with Crippen LogP contribution < -0.4 is 4.74 Å². The van der Waals surface area contributed by atoms with Gasteiger partial charge in [-0.05, 0) is 19.1 Å². The Bertz CT molecular complexity index is 555. The normalized spacial score (nSPS) is 10.1. The van der Waals surface area contributed by atoms with Gasteiger partial charge in [0, 0.05) is 19.4 Å². The van der Waals surface area contributed by atoms with E-state index in [1.807, 2.05) is 31.2 Å². The van der Waals surface area contributed by atoms with E-state index < -0.39 is 0 Å². The Morgan fingerprint density at radius 2 is 2.00 bits per heavy atom. The lowest BCUT2D eigenvalue weighted by molar-refractivity contribution is 0.0767. The number of hydrogen-bond donors (Lipinski definition) is 0. The first-order chi connectivity index (χ1) is 9.66. The summed E-state index contributed by atoms with van der Waals surface area (Å²) in [6, 6.07) is 7.81. The number of carbonyl (C=O) groups is 1. The van der Waals surface area contributed by atoms with Gasteiger partial charge in [-0.2, -0.15) is 0 Å². The molecular weight excluding hydrogens is 254 g/mol. The highest BCUT2D eigenvalue weighted by atomic mass is 16.5. The zero-order valence-corrected chi connectivity index (χ0v) is 11.6. The van der Waals surface area contributed by atoms with Crippen LogP contribution in [0.25, 0.3) is 0 Å². The molecule has 0 atom stereocenters. The first-order valence-electron chi connectivity index (χ1n) is 6.38. The maximum Gasteiger partial charge on any atom is 0.273 e. The zero-order chi connectivity index (χ0) is 14.4. The third-order valence-corrected chi connectivity index (χ3v) is 2.85. The van der Waals surface area contributed by atoms with Crippen molar-refractivity contribution in [3.63, 3.8) is 0 Å². The summed E-state index contributed by atoms with van der Waals surface area (Å²) >= 11 is 0. The summed E-state index contributed by atoms with van der Waals surface area (Å²) in [5.74, 6) is 0.640. The highest BCUT2D eigenvalue weighted by molar-refractivity contribution is 5.91. The molecule has 0 aliphatic carbocycles. The molecule has 5 nitrogen and oxygen atoms in total. The summed E-state index contributed by atoms with van der Waals surface area (Å²) in [5, 5.41) is 0. The third kappa shape index (κ3) is 3.78. The Kier molecular flexibility index (Phi) is 4.65. The number of ether oxygens (including phenoxy) is 1. The predicted molar refractivity (Wildman–Crippen MR) is 75.7 cm³/mol. The van der Waals surface area contributed by atoms with Crippen LogP contribution in [0.3, 0.4) is 0 Å². The maximum atomic E-state index is 12.0. The maximum absolute atomic E-state index is 12.0. The van der Waals surface area contributed by atoms with Crippen molar-refractivity contribution in [2.24, 2.45) is 0 Å². The predicted octanol–water partition coefficient (Wildman–Crippen LogP) is 1.94. The van der Waals surface area contributed by atoms with Gasteiger partial charge >= 0.3 is 0 Å². The van der Waals surface area contributed by atoms with E-state index >= 15 is 0 Å². The third-order valence-electron chi connectivity index (χ3n) is 2.85. The minimum atomic E-state index is -0.161. The number of aromatic nitrogens is 2. The number of amides is 1. The molecule has 0 saturated carbocycles. The summed E-state index contributed by atoms with van der Waals surface area (Å²) in [6.07, 6.45) is 4.50. The molecule has 0 aliphatic heterocycles. The fourth-order valence-electron chi connectivity index (χ4n) is 1.64. The van der Waals surface area contributed by atoms with Crippen molar-refractivity contribution < 1.29 is 9.53 Å². The number of rotatable bonds is 5. The van der Waals surface area contributed by atoms with Crippen molar-refractivity contribution >= 4 is 5.91 Å². The van der Waals surface area contributed by atoms with Crippen LogP contribution in [0.2, 0.25) is 0 Å². The summed E-state index contributed by atoms with van der Waals surface area (Å²) in [4.78, 5) is 21.4. The van der Waals surface area contributed by atoms with Crippen molar-refractivity contribution in [1.29, 1.82) is 0 Å². The molecule has 0 unspecified atom stereocenters. The van der Waals surface area contributed by atoms with Gasteiger partial charge in [-0.1, -0.05) is 17.7 Å². The Hall–Kier alpha value is -2.43. The van der Waals surface area contributed by atoms with Crippen LogP contribution in [0.15, 0.2) is 42.9 Å². The molecule has 2 rings (SSSR count). The van der Waals surface area contributed by atoms with E-state index in [-0.39, 0.29) is 5.91 Å². The monoisotopic (exact) mass is 271 g/mol. The SMILES string of the molecule is Cc1ccc(OCCN(C)C(=O)c2cnccn2)cc1. The summed E-state index contributed by atoms with van der Waals surface area (Å²) in [6.45, 7) is 2.95. The average Bonchev–Trinajstić information content (AvgIpc) is 2.49. The molecule has 20 heavy (non-hydrogen) atoms. The largest absolute Gasteiger partial charge is 0.492 e. The number of hydrogen-bond acceptors (Lipinski definition) is 4. The number of likely N-dealkylation sites (N-methyl/N-ethyl adjacent to an activating group) is 1. The van der Waals surface area contributed by atoms with Gasteiger partial charge in [0.05, 0.1) is 12.7 Å². The molecule has 104 valence electrons. The van der Waals surface area contributed by atoms with Gasteiger partial charge in [0.25, 0.3) is 5.91 Å². The van der Waals surface area contributed by atoms with E-state index in [1.165, 1.54) is 24.2 Å². The fourth-order valence-corrected chi connectivity index (χ4v) is 1.64. The number of aryl methyl sites for hydroxylation is 1. The standard InChI is InChI=1S/C15H17N3O2/c1-12-3-5-13(6-4-12)20-10-9-18(2)15(19)14-11-16-7-8-17-14/h3-8,11H,9-10H2,1-2H3. The summed E-state index contributed by atoms with van der Waals surface area (Å²) in [7, 11) is 1.72. The van der Waals surface area contributed by atoms with E-state index in [0.29, 0.717) is 18.8 Å². The van der Waals surface area contributed by atoms with Crippen molar-refractivity contribution in [1.82, 2.24) is 14.9 Å². The Morgan fingerprint density at radius 3 is 2.65 bits per heavy atom. The minimum Gasteiger partial charge on any atom is -0.492 e. The van der Waals surface area contributed by atoms with Crippen LogP contribution in [0.1, 0.15) is 16.1 Å². The molecule has 2 aromatic rings. The van der Waals surface area contributed by atoms with Crippen LogP contribution in [0, 0.1) is 6.92 Å². The molecule has 0 spiro atoms. The summed E-state index contributed by atoms with van der Waals surface area (Å²) in [5.41, 5.74) is 1.53. The molecule has 0 N–H and O–H groups in total. The van der Waals surface area contributed by atoms with Gasteiger partial charge in [0.1, 0.15) is 18.1 Å². The Morgan fingerprint density at radius 1 is 1.25 bits per heavy atom. The second-order valence-electron chi connectivity index (χ2n) is 4.48. The van der Waals surface area contributed by atoms with E-state index in [0.717, 1.165) is 5.75 Å². The quantitative estimate of drug-likeness (QED) is 0.834. The second kappa shape index (κ2) is 6.65. The smallest absolute Gasteiger partial charge is 0.273 e. The summed E-state index contributed by atoms with van der Waals surface area (Å²) < 4.78 is 5.59. The zero-order valence-electron chi connectivity index (χ0n) is 11.6. The Balaban J connectivity index is 1.82. The van der Waals surface area contributed by atoms with Crippen molar-refractivity contribution in [3.8, 4) is 5.75 Å². The lowest BCUT2D eigenvalue weighted by atomic mass is 10.2. The van der Waals surface area contributed by atoms with Crippen LogP contribution >= 0.6 is 0 Å². The number of nitrogens with zero attached hydrogens (tertiary/aromatic N) is 3. The molecule has 0 radical (unpaired) electrons. The van der Waals surface area contributed by atoms with Crippen LogP contribution in [-0.2, 0) is 0 Å². The number of benzene rings is 1. The molecule has 1 heterocycles. The average molecular weight is 271 g/mol. The lowest BCUT2D eigenvalue weighted by Crippen LogP contribution is -2.31. The van der Waals surface area contributed by atoms with Gasteiger partial charge in [-0.3, -0.25) is 9.78 Å². The first kappa shape index (κ1) is 14.0. The van der Waals surface area contributed by atoms with E-state index in [4.69, 9.17) is 4.74 Å². The van der Waals surface area contributed by atoms with Crippen LogP contribution in [-0.4, -0.2) is 41.0 Å². The van der Waals surface area contributed by atoms with Crippen molar-refractivity contribution in [2.45, 2.75) is 6.92 Å². The van der Waals surface area contributed by atoms with Crippen molar-refractivity contribution in [3.05, 3.63) is 54.1 Å².